The molecular formula is C15H20S2. The molecule has 2 aromatic carbocycles. The van der Waals surface area contributed by atoms with Gasteiger partial charge in [0.15, 0.2) is 0 Å². The second-order valence-corrected chi connectivity index (χ2v) is 4.25. The molecule has 0 N–H and O–H groups in total. The fraction of sp³-hybridized carbons (Fsp3) is 0.200. The molecule has 0 bridgehead atoms. The molecule has 0 atom stereocenters. The summed E-state index contributed by atoms with van der Waals surface area (Å²) in [7, 11) is 0. The molecule has 0 saturated heterocycles. The Balaban J connectivity index is 0.000000265. The van der Waals surface area contributed by atoms with Gasteiger partial charge >= 0.3 is 0 Å². The minimum Gasteiger partial charge on any atom is -0.143 e. The largest absolute Gasteiger partial charge is 0.143 e. The molecule has 17 heavy (non-hydrogen) atoms. The average molecular weight is 264 g/mol. The van der Waals surface area contributed by atoms with E-state index in [1.165, 1.54) is 4.90 Å². The van der Waals surface area contributed by atoms with E-state index >= 15 is 0 Å². The molecule has 0 unspecified atom stereocenters. The zero-order chi connectivity index (χ0) is 12.9. The molecule has 0 aliphatic carbocycles. The lowest BCUT2D eigenvalue weighted by Crippen LogP contribution is -1.62. The summed E-state index contributed by atoms with van der Waals surface area (Å²) in [6.45, 7) is 4.00. The van der Waals surface area contributed by atoms with Gasteiger partial charge in [0.1, 0.15) is 0 Å². The van der Waals surface area contributed by atoms with Gasteiger partial charge in [-0.05, 0) is 30.5 Å². The van der Waals surface area contributed by atoms with Crippen LogP contribution in [0.1, 0.15) is 13.8 Å². The summed E-state index contributed by atoms with van der Waals surface area (Å²) in [5.74, 6) is 0. The molecule has 0 amide bonds. The fourth-order valence-corrected chi connectivity index (χ4v) is 1.59. The third-order valence-corrected chi connectivity index (χ3v) is 2.78. The predicted molar refractivity (Wildman–Crippen MR) is 83.3 cm³/mol. The number of benzene rings is 2. The first-order valence-electron chi connectivity index (χ1n) is 5.66. The minimum absolute atomic E-state index is 1.02. The minimum atomic E-state index is 1.02. The highest BCUT2D eigenvalue weighted by Crippen LogP contribution is 2.11. The van der Waals surface area contributed by atoms with Gasteiger partial charge < -0.3 is 0 Å². The van der Waals surface area contributed by atoms with Crippen LogP contribution >= 0.6 is 24.4 Å². The van der Waals surface area contributed by atoms with Gasteiger partial charge in [-0.15, -0.1) is 24.4 Å². The normalized spacial score (nSPS) is 8.24. The summed E-state index contributed by atoms with van der Waals surface area (Å²) in [5, 5.41) is 0. The van der Waals surface area contributed by atoms with E-state index in [-0.39, 0.29) is 0 Å². The van der Waals surface area contributed by atoms with Crippen LogP contribution < -0.4 is 0 Å². The summed E-state index contributed by atoms with van der Waals surface area (Å²) >= 11 is 5.85. The van der Waals surface area contributed by atoms with Crippen molar-refractivity contribution in [1.29, 1.82) is 0 Å². The topological polar surface area (TPSA) is 0 Å². The molecule has 0 radical (unpaired) electrons. The Hall–Kier alpha value is -0.860. The van der Waals surface area contributed by atoms with E-state index in [9.17, 15) is 0 Å². The van der Waals surface area contributed by atoms with E-state index in [4.69, 9.17) is 0 Å². The van der Waals surface area contributed by atoms with Gasteiger partial charge in [-0.25, -0.2) is 0 Å². The number of hydrogen-bond acceptors (Lipinski definition) is 2. The Bertz CT molecular complexity index is 357. The van der Waals surface area contributed by atoms with Gasteiger partial charge in [0.05, 0.1) is 0 Å². The number of thioether (sulfide) groups is 1. The van der Waals surface area contributed by atoms with Crippen LogP contribution in [-0.4, -0.2) is 6.26 Å². The highest BCUT2D eigenvalue weighted by atomic mass is 32.2. The highest BCUT2D eigenvalue weighted by Gasteiger charge is 1.80. The predicted octanol–water partition coefficient (Wildman–Crippen LogP) is 5.41. The second-order valence-electron chi connectivity index (χ2n) is 2.85. The fourth-order valence-electron chi connectivity index (χ4n) is 0.985. The third kappa shape index (κ3) is 8.90. The molecule has 0 nitrogen and oxygen atoms in total. The lowest BCUT2D eigenvalue weighted by molar-refractivity contribution is 1.47. The first-order valence-corrected chi connectivity index (χ1v) is 7.33. The number of hydrogen-bond donors (Lipinski definition) is 1. The smallest absolute Gasteiger partial charge is 0.00691 e. The van der Waals surface area contributed by atoms with Crippen LogP contribution in [0.2, 0.25) is 0 Å². The number of rotatable bonds is 1. The van der Waals surface area contributed by atoms with Gasteiger partial charge in [0, 0.05) is 9.79 Å². The van der Waals surface area contributed by atoms with Gasteiger partial charge in [0.25, 0.3) is 0 Å². The first kappa shape index (κ1) is 16.1. The van der Waals surface area contributed by atoms with Crippen LogP contribution in [0, 0.1) is 0 Å². The van der Waals surface area contributed by atoms with Crippen LogP contribution in [0.4, 0.5) is 0 Å². The highest BCUT2D eigenvalue weighted by molar-refractivity contribution is 7.98. The summed E-state index contributed by atoms with van der Waals surface area (Å²) in [5.41, 5.74) is 0. The average Bonchev–Trinajstić information content (AvgIpc) is 2.43. The Morgan fingerprint density at radius 1 is 0.765 bits per heavy atom. The van der Waals surface area contributed by atoms with Crippen molar-refractivity contribution in [2.45, 2.75) is 23.6 Å². The van der Waals surface area contributed by atoms with Crippen molar-refractivity contribution in [3.05, 3.63) is 60.7 Å². The SMILES string of the molecule is CC.CSc1ccccc1.Sc1ccccc1. The Kier molecular flexibility index (Phi) is 11.0. The van der Waals surface area contributed by atoms with Crippen LogP contribution in [-0.2, 0) is 0 Å². The maximum atomic E-state index is 4.08. The van der Waals surface area contributed by atoms with Gasteiger partial charge in [0.2, 0.25) is 0 Å². The van der Waals surface area contributed by atoms with Crippen molar-refractivity contribution in [2.24, 2.45) is 0 Å². The van der Waals surface area contributed by atoms with Gasteiger partial charge in [-0.1, -0.05) is 50.2 Å². The van der Waals surface area contributed by atoms with Crippen LogP contribution in [0.3, 0.4) is 0 Å². The van der Waals surface area contributed by atoms with Crippen molar-refractivity contribution in [2.75, 3.05) is 6.26 Å². The van der Waals surface area contributed by atoms with E-state index in [0.29, 0.717) is 0 Å². The maximum Gasteiger partial charge on any atom is 0.00691 e. The molecule has 0 spiro atoms. The van der Waals surface area contributed by atoms with Crippen molar-refractivity contribution >= 4 is 24.4 Å². The lowest BCUT2D eigenvalue weighted by Gasteiger charge is -1.89. The summed E-state index contributed by atoms with van der Waals surface area (Å²) in [6, 6.07) is 20.1. The Labute approximate surface area is 115 Å². The molecule has 0 aromatic heterocycles. The zero-order valence-electron chi connectivity index (χ0n) is 10.6. The van der Waals surface area contributed by atoms with E-state index < -0.39 is 0 Å². The van der Waals surface area contributed by atoms with E-state index in [0.717, 1.165) is 4.90 Å². The van der Waals surface area contributed by atoms with Gasteiger partial charge in [-0.3, -0.25) is 0 Å². The van der Waals surface area contributed by atoms with E-state index in [2.05, 4.69) is 31.0 Å². The number of thiol groups is 1. The van der Waals surface area contributed by atoms with Crippen molar-refractivity contribution in [3.8, 4) is 0 Å². The van der Waals surface area contributed by atoms with E-state index in [1.807, 2.05) is 62.4 Å². The Morgan fingerprint density at radius 3 is 1.41 bits per heavy atom. The maximum absolute atomic E-state index is 4.08. The van der Waals surface area contributed by atoms with Crippen LogP contribution in [0.15, 0.2) is 70.5 Å². The van der Waals surface area contributed by atoms with Crippen molar-refractivity contribution < 1.29 is 0 Å². The summed E-state index contributed by atoms with van der Waals surface area (Å²) in [4.78, 5) is 2.34. The van der Waals surface area contributed by atoms with Gasteiger partial charge in [-0.2, -0.15) is 0 Å². The molecule has 0 aliphatic heterocycles. The molecule has 0 fully saturated rings. The third-order valence-electron chi connectivity index (χ3n) is 1.74. The second kappa shape index (κ2) is 11.6. The molecule has 92 valence electrons. The van der Waals surface area contributed by atoms with Crippen LogP contribution in [0.5, 0.6) is 0 Å². The molecule has 0 saturated carbocycles. The van der Waals surface area contributed by atoms with Crippen LogP contribution in [0.25, 0.3) is 0 Å². The Morgan fingerprint density at radius 2 is 1.18 bits per heavy atom. The summed E-state index contributed by atoms with van der Waals surface area (Å²) < 4.78 is 0. The molecule has 0 heterocycles. The van der Waals surface area contributed by atoms with E-state index in [1.54, 1.807) is 11.8 Å². The monoisotopic (exact) mass is 264 g/mol. The first-order chi connectivity index (χ1) is 8.33. The molecule has 2 heteroatoms. The van der Waals surface area contributed by atoms with Crippen molar-refractivity contribution in [1.82, 2.24) is 0 Å². The molecule has 2 aromatic rings. The quantitative estimate of drug-likeness (QED) is 0.531. The summed E-state index contributed by atoms with van der Waals surface area (Å²) in [6.07, 6.45) is 2.08. The molecule has 2 rings (SSSR count). The van der Waals surface area contributed by atoms with Crippen molar-refractivity contribution in [3.63, 3.8) is 0 Å². The zero-order valence-corrected chi connectivity index (χ0v) is 12.3. The lowest BCUT2D eigenvalue weighted by atomic mass is 10.4. The molecule has 0 aliphatic rings. The molecular weight excluding hydrogens is 244 g/mol. The standard InChI is InChI=1S/C7H8S.C6H6S.C2H6/c1-8-7-5-3-2-4-6-7;7-6-4-2-1-3-5-6;1-2/h2-6H,1H3;1-5,7H;1-2H3.